The summed E-state index contributed by atoms with van der Waals surface area (Å²) in [7, 11) is 0. The first-order chi connectivity index (χ1) is 11.9. The Morgan fingerprint density at radius 2 is 1.92 bits per heavy atom. The van der Waals surface area contributed by atoms with Gasteiger partial charge >= 0.3 is 6.36 Å². The molecule has 1 aliphatic heterocycles. The number of alkyl halides is 3. The third-order valence-corrected chi connectivity index (χ3v) is 5.01. The van der Waals surface area contributed by atoms with Gasteiger partial charge in [0, 0.05) is 12.1 Å². The van der Waals surface area contributed by atoms with Crippen LogP contribution in [0.15, 0.2) is 36.4 Å². The number of halogens is 4. The monoisotopic (exact) mass is 385 g/mol. The highest BCUT2D eigenvalue weighted by Crippen LogP contribution is 2.38. The Hall–Kier alpha value is -2.19. The summed E-state index contributed by atoms with van der Waals surface area (Å²) in [5.74, 6) is 0.585. The standard InChI is InChI=1S/C16H11ClF3N3OS/c17-13-6-5-12(25-13)14-11-7-8-21-15(11)23(22-14)9-1-3-10(4-2-9)24-16(18,19)20/h1-6,21H,7-8H2. The van der Waals surface area contributed by atoms with E-state index < -0.39 is 6.36 Å². The first-order valence-corrected chi connectivity index (χ1v) is 8.58. The van der Waals surface area contributed by atoms with E-state index >= 15 is 0 Å². The van der Waals surface area contributed by atoms with Gasteiger partial charge in [-0.2, -0.15) is 5.10 Å². The fourth-order valence-corrected chi connectivity index (χ4v) is 3.85. The number of nitrogens with zero attached hydrogens (tertiary/aromatic N) is 2. The molecule has 1 N–H and O–H groups in total. The SMILES string of the molecule is FC(F)(F)Oc1ccc(-n2nc(-c3ccc(Cl)s3)c3c2NCC3)cc1. The Morgan fingerprint density at radius 3 is 2.56 bits per heavy atom. The van der Waals surface area contributed by atoms with Gasteiger partial charge in [0.05, 0.1) is 14.9 Å². The number of hydrogen-bond acceptors (Lipinski definition) is 4. The Labute approximate surface area is 149 Å². The van der Waals surface area contributed by atoms with Crippen LogP contribution >= 0.6 is 22.9 Å². The van der Waals surface area contributed by atoms with Crippen molar-refractivity contribution in [2.24, 2.45) is 0 Å². The molecule has 2 aromatic heterocycles. The van der Waals surface area contributed by atoms with Crippen molar-refractivity contribution in [3.8, 4) is 22.0 Å². The molecule has 9 heteroatoms. The highest BCUT2D eigenvalue weighted by Gasteiger charge is 2.31. The van der Waals surface area contributed by atoms with Crippen LogP contribution < -0.4 is 10.1 Å². The summed E-state index contributed by atoms with van der Waals surface area (Å²) in [6, 6.07) is 9.36. The zero-order chi connectivity index (χ0) is 17.6. The van der Waals surface area contributed by atoms with Gasteiger partial charge in [0.1, 0.15) is 17.3 Å². The summed E-state index contributed by atoms with van der Waals surface area (Å²) in [6.07, 6.45) is -3.88. The number of rotatable bonds is 3. The maximum Gasteiger partial charge on any atom is 0.573 e. The summed E-state index contributed by atoms with van der Waals surface area (Å²) in [4.78, 5) is 0.959. The van der Waals surface area contributed by atoms with Crippen molar-refractivity contribution in [2.45, 2.75) is 12.8 Å². The number of thiophene rings is 1. The third-order valence-electron chi connectivity index (χ3n) is 3.77. The summed E-state index contributed by atoms with van der Waals surface area (Å²) in [6.45, 7) is 0.786. The molecule has 0 bridgehead atoms. The van der Waals surface area contributed by atoms with Gasteiger partial charge in [0.15, 0.2) is 0 Å². The summed E-state index contributed by atoms with van der Waals surface area (Å²) < 4.78 is 43.1. The fourth-order valence-electron chi connectivity index (χ4n) is 2.79. The van der Waals surface area contributed by atoms with E-state index in [1.165, 1.54) is 23.5 Å². The minimum Gasteiger partial charge on any atom is -0.406 e. The largest absolute Gasteiger partial charge is 0.573 e. The molecule has 0 fully saturated rings. The van der Waals surface area contributed by atoms with Crippen LogP contribution in [0.25, 0.3) is 16.3 Å². The van der Waals surface area contributed by atoms with Crippen LogP contribution in [0.4, 0.5) is 19.0 Å². The minimum absolute atomic E-state index is 0.265. The van der Waals surface area contributed by atoms with Gasteiger partial charge in [-0.05, 0) is 42.8 Å². The Kier molecular flexibility index (Phi) is 3.88. The van der Waals surface area contributed by atoms with E-state index in [2.05, 4.69) is 15.2 Å². The van der Waals surface area contributed by atoms with Crippen molar-refractivity contribution < 1.29 is 17.9 Å². The van der Waals surface area contributed by atoms with E-state index in [-0.39, 0.29) is 5.75 Å². The molecule has 3 heterocycles. The number of aromatic nitrogens is 2. The molecule has 4 rings (SSSR count). The minimum atomic E-state index is -4.71. The molecule has 0 unspecified atom stereocenters. The van der Waals surface area contributed by atoms with E-state index in [1.807, 2.05) is 12.1 Å². The average Bonchev–Trinajstić information content (AvgIpc) is 3.22. The van der Waals surface area contributed by atoms with E-state index in [0.717, 1.165) is 34.9 Å². The second-order valence-corrected chi connectivity index (χ2v) is 7.12. The number of ether oxygens (including phenoxy) is 1. The van der Waals surface area contributed by atoms with Crippen LogP contribution in [0.1, 0.15) is 5.56 Å². The van der Waals surface area contributed by atoms with E-state index in [4.69, 9.17) is 11.6 Å². The predicted octanol–water partition coefficient (Wildman–Crippen LogP) is 5.12. The van der Waals surface area contributed by atoms with Gasteiger partial charge in [-0.25, -0.2) is 4.68 Å². The second kappa shape index (κ2) is 5.96. The maximum atomic E-state index is 12.3. The van der Waals surface area contributed by atoms with Gasteiger partial charge in [-0.1, -0.05) is 11.6 Å². The molecule has 0 saturated heterocycles. The Morgan fingerprint density at radius 1 is 1.16 bits per heavy atom. The quantitative estimate of drug-likeness (QED) is 0.680. The van der Waals surface area contributed by atoms with E-state index in [9.17, 15) is 13.2 Å². The van der Waals surface area contributed by atoms with Crippen LogP contribution in [0.5, 0.6) is 5.75 Å². The lowest BCUT2D eigenvalue weighted by Gasteiger charge is -2.10. The molecule has 25 heavy (non-hydrogen) atoms. The number of benzene rings is 1. The molecule has 3 aromatic rings. The summed E-state index contributed by atoms with van der Waals surface area (Å²) in [5.41, 5.74) is 2.57. The molecule has 0 atom stereocenters. The van der Waals surface area contributed by atoms with E-state index in [0.29, 0.717) is 10.0 Å². The second-order valence-electron chi connectivity index (χ2n) is 5.41. The lowest BCUT2D eigenvalue weighted by Crippen LogP contribution is -2.17. The van der Waals surface area contributed by atoms with Crippen LogP contribution in [0, 0.1) is 0 Å². The van der Waals surface area contributed by atoms with Crippen molar-refractivity contribution in [1.29, 1.82) is 0 Å². The normalized spacial score (nSPS) is 13.6. The lowest BCUT2D eigenvalue weighted by molar-refractivity contribution is -0.274. The van der Waals surface area contributed by atoms with Crippen molar-refractivity contribution in [2.75, 3.05) is 11.9 Å². The fraction of sp³-hybridized carbons (Fsp3) is 0.188. The number of anilines is 1. The van der Waals surface area contributed by atoms with Crippen LogP contribution in [0.2, 0.25) is 4.34 Å². The number of nitrogens with one attached hydrogen (secondary N) is 1. The summed E-state index contributed by atoms with van der Waals surface area (Å²) >= 11 is 7.46. The van der Waals surface area contributed by atoms with Crippen LogP contribution in [-0.4, -0.2) is 22.7 Å². The molecule has 0 amide bonds. The Balaban J connectivity index is 1.71. The van der Waals surface area contributed by atoms with Crippen molar-refractivity contribution in [3.63, 3.8) is 0 Å². The predicted molar refractivity (Wildman–Crippen MR) is 90.8 cm³/mol. The summed E-state index contributed by atoms with van der Waals surface area (Å²) in [5, 5.41) is 7.91. The van der Waals surface area contributed by atoms with Crippen molar-refractivity contribution in [1.82, 2.24) is 9.78 Å². The molecule has 0 saturated carbocycles. The van der Waals surface area contributed by atoms with Crippen molar-refractivity contribution >= 4 is 28.8 Å². The van der Waals surface area contributed by atoms with E-state index in [1.54, 1.807) is 16.8 Å². The zero-order valence-electron chi connectivity index (χ0n) is 12.6. The molecule has 0 spiro atoms. The van der Waals surface area contributed by atoms with Crippen LogP contribution in [-0.2, 0) is 6.42 Å². The zero-order valence-corrected chi connectivity index (χ0v) is 14.2. The van der Waals surface area contributed by atoms with Crippen molar-refractivity contribution in [3.05, 3.63) is 46.3 Å². The molecule has 0 radical (unpaired) electrons. The first-order valence-electron chi connectivity index (χ1n) is 7.38. The van der Waals surface area contributed by atoms with Gasteiger partial charge in [0.2, 0.25) is 0 Å². The lowest BCUT2D eigenvalue weighted by atomic mass is 10.2. The molecular weight excluding hydrogens is 375 g/mol. The molecule has 1 aliphatic rings. The number of fused-ring (bicyclic) bond motifs is 1. The molecule has 1 aromatic carbocycles. The number of hydrogen-bond donors (Lipinski definition) is 1. The first kappa shape index (κ1) is 16.3. The van der Waals surface area contributed by atoms with Gasteiger partial charge < -0.3 is 10.1 Å². The van der Waals surface area contributed by atoms with Crippen LogP contribution in [0.3, 0.4) is 0 Å². The highest BCUT2D eigenvalue weighted by atomic mass is 35.5. The Bertz CT molecular complexity index is 918. The topological polar surface area (TPSA) is 39.1 Å². The molecular formula is C16H11ClF3N3OS. The molecule has 4 nitrogen and oxygen atoms in total. The maximum absolute atomic E-state index is 12.3. The smallest absolute Gasteiger partial charge is 0.406 e. The third kappa shape index (κ3) is 3.19. The average molecular weight is 386 g/mol. The van der Waals surface area contributed by atoms with Gasteiger partial charge in [-0.15, -0.1) is 24.5 Å². The van der Waals surface area contributed by atoms with Gasteiger partial charge in [0.25, 0.3) is 0 Å². The molecule has 0 aliphatic carbocycles. The molecule has 130 valence electrons. The van der Waals surface area contributed by atoms with Gasteiger partial charge in [-0.3, -0.25) is 0 Å². The highest BCUT2D eigenvalue weighted by molar-refractivity contribution is 7.19.